The van der Waals surface area contributed by atoms with Gasteiger partial charge in [0, 0.05) is 18.0 Å². The van der Waals surface area contributed by atoms with Crippen LogP contribution in [0.1, 0.15) is 18.7 Å². The van der Waals surface area contributed by atoms with Crippen molar-refractivity contribution in [3.63, 3.8) is 0 Å². The number of thiophene rings is 1. The van der Waals surface area contributed by atoms with Crippen molar-refractivity contribution in [1.82, 2.24) is 5.32 Å². The SMILES string of the molecule is CCOCC(C)(C#N)NCc1cccs1. The van der Waals surface area contributed by atoms with Crippen molar-refractivity contribution in [2.75, 3.05) is 13.2 Å². The lowest BCUT2D eigenvalue weighted by Gasteiger charge is -2.22. The third-order valence-electron chi connectivity index (χ3n) is 2.07. The molecule has 0 aromatic carbocycles. The lowest BCUT2D eigenvalue weighted by Crippen LogP contribution is -2.44. The van der Waals surface area contributed by atoms with Crippen LogP contribution in [-0.2, 0) is 11.3 Å². The zero-order chi connectivity index (χ0) is 11.1. The molecule has 0 amide bonds. The van der Waals surface area contributed by atoms with Gasteiger partial charge in [-0.3, -0.25) is 5.32 Å². The summed E-state index contributed by atoms with van der Waals surface area (Å²) in [6.45, 7) is 5.56. The van der Waals surface area contributed by atoms with Crippen LogP contribution in [0.5, 0.6) is 0 Å². The molecule has 1 heterocycles. The summed E-state index contributed by atoms with van der Waals surface area (Å²) in [6, 6.07) is 6.30. The van der Waals surface area contributed by atoms with E-state index in [1.54, 1.807) is 11.3 Å². The summed E-state index contributed by atoms with van der Waals surface area (Å²) in [5.41, 5.74) is -0.597. The Morgan fingerprint density at radius 2 is 2.47 bits per heavy atom. The molecule has 1 atom stereocenters. The Morgan fingerprint density at radius 1 is 1.67 bits per heavy atom. The van der Waals surface area contributed by atoms with E-state index in [1.807, 2.05) is 25.3 Å². The largest absolute Gasteiger partial charge is 0.379 e. The van der Waals surface area contributed by atoms with Crippen LogP contribution < -0.4 is 5.32 Å². The van der Waals surface area contributed by atoms with E-state index in [4.69, 9.17) is 10.00 Å². The highest BCUT2D eigenvalue weighted by atomic mass is 32.1. The van der Waals surface area contributed by atoms with Crippen LogP contribution in [0.25, 0.3) is 0 Å². The highest BCUT2D eigenvalue weighted by Gasteiger charge is 2.23. The molecule has 0 aliphatic heterocycles. The van der Waals surface area contributed by atoms with Gasteiger partial charge in [-0.05, 0) is 25.3 Å². The Morgan fingerprint density at radius 3 is 3.00 bits per heavy atom. The molecule has 0 spiro atoms. The van der Waals surface area contributed by atoms with Gasteiger partial charge < -0.3 is 4.74 Å². The Kier molecular flexibility index (Phi) is 4.76. The first-order valence-corrected chi connectivity index (χ1v) is 5.84. The minimum atomic E-state index is -0.597. The number of rotatable bonds is 6. The fraction of sp³-hybridized carbons (Fsp3) is 0.545. The third-order valence-corrected chi connectivity index (χ3v) is 2.95. The average molecular weight is 224 g/mol. The van der Waals surface area contributed by atoms with Crippen molar-refractivity contribution in [1.29, 1.82) is 5.26 Å². The van der Waals surface area contributed by atoms with Gasteiger partial charge in [0.05, 0.1) is 12.7 Å². The van der Waals surface area contributed by atoms with Crippen LogP contribution in [0.3, 0.4) is 0 Å². The summed E-state index contributed by atoms with van der Waals surface area (Å²) in [7, 11) is 0. The molecule has 0 bridgehead atoms. The third kappa shape index (κ3) is 4.00. The van der Waals surface area contributed by atoms with E-state index in [2.05, 4.69) is 17.5 Å². The molecule has 1 unspecified atom stereocenters. The van der Waals surface area contributed by atoms with Gasteiger partial charge in [-0.15, -0.1) is 11.3 Å². The standard InChI is InChI=1S/C11H16N2OS/c1-3-14-9-11(2,8-12)13-7-10-5-4-6-15-10/h4-6,13H,3,7,9H2,1-2H3. The molecule has 0 fully saturated rings. The van der Waals surface area contributed by atoms with E-state index in [1.165, 1.54) is 4.88 Å². The molecular weight excluding hydrogens is 208 g/mol. The molecule has 4 heteroatoms. The van der Waals surface area contributed by atoms with Gasteiger partial charge in [0.1, 0.15) is 5.54 Å². The highest BCUT2D eigenvalue weighted by molar-refractivity contribution is 7.09. The van der Waals surface area contributed by atoms with Crippen molar-refractivity contribution < 1.29 is 4.74 Å². The minimum Gasteiger partial charge on any atom is -0.379 e. The van der Waals surface area contributed by atoms with E-state index in [0.717, 1.165) is 6.54 Å². The number of nitriles is 1. The maximum Gasteiger partial charge on any atom is 0.127 e. The fourth-order valence-corrected chi connectivity index (χ4v) is 1.77. The second-order valence-electron chi connectivity index (χ2n) is 3.51. The number of ether oxygens (including phenoxy) is 1. The van der Waals surface area contributed by atoms with Crippen LogP contribution in [-0.4, -0.2) is 18.8 Å². The van der Waals surface area contributed by atoms with Crippen LogP contribution >= 0.6 is 11.3 Å². The summed E-state index contributed by atoms with van der Waals surface area (Å²) in [5.74, 6) is 0. The van der Waals surface area contributed by atoms with Crippen molar-refractivity contribution in [3.8, 4) is 6.07 Å². The van der Waals surface area contributed by atoms with E-state index < -0.39 is 5.54 Å². The maximum absolute atomic E-state index is 9.05. The predicted octanol–water partition coefficient (Wildman–Crippen LogP) is 2.16. The Balaban J connectivity index is 2.43. The first kappa shape index (κ1) is 12.2. The number of nitrogens with one attached hydrogen (secondary N) is 1. The van der Waals surface area contributed by atoms with Gasteiger partial charge in [0.15, 0.2) is 0 Å². The molecule has 1 N–H and O–H groups in total. The zero-order valence-corrected chi connectivity index (χ0v) is 9.93. The number of nitrogens with zero attached hydrogens (tertiary/aromatic N) is 1. The van der Waals surface area contributed by atoms with Crippen molar-refractivity contribution in [2.45, 2.75) is 25.9 Å². The monoisotopic (exact) mass is 224 g/mol. The average Bonchev–Trinajstić information content (AvgIpc) is 2.76. The molecule has 0 aliphatic rings. The fourth-order valence-electron chi connectivity index (χ4n) is 1.12. The van der Waals surface area contributed by atoms with E-state index in [0.29, 0.717) is 13.2 Å². The molecule has 15 heavy (non-hydrogen) atoms. The van der Waals surface area contributed by atoms with Crippen molar-refractivity contribution >= 4 is 11.3 Å². The molecule has 1 aromatic rings. The Hall–Kier alpha value is -0.890. The summed E-state index contributed by atoms with van der Waals surface area (Å²) in [4.78, 5) is 1.23. The van der Waals surface area contributed by atoms with Gasteiger partial charge in [-0.1, -0.05) is 6.07 Å². The highest BCUT2D eigenvalue weighted by Crippen LogP contribution is 2.10. The molecule has 1 rings (SSSR count). The summed E-state index contributed by atoms with van der Waals surface area (Å²) < 4.78 is 5.28. The normalized spacial score (nSPS) is 14.5. The van der Waals surface area contributed by atoms with Gasteiger partial charge in [0.25, 0.3) is 0 Å². The number of hydrogen-bond donors (Lipinski definition) is 1. The molecule has 3 nitrogen and oxygen atoms in total. The maximum atomic E-state index is 9.05. The predicted molar refractivity (Wildman–Crippen MR) is 61.7 cm³/mol. The summed E-state index contributed by atoms with van der Waals surface area (Å²) >= 11 is 1.69. The first-order valence-electron chi connectivity index (χ1n) is 4.96. The quantitative estimate of drug-likeness (QED) is 0.805. The second kappa shape index (κ2) is 5.86. The zero-order valence-electron chi connectivity index (χ0n) is 9.12. The van der Waals surface area contributed by atoms with Crippen LogP contribution in [0.4, 0.5) is 0 Å². The van der Waals surface area contributed by atoms with Crippen LogP contribution in [0, 0.1) is 11.3 Å². The van der Waals surface area contributed by atoms with Gasteiger partial charge in [-0.25, -0.2) is 0 Å². The summed E-state index contributed by atoms with van der Waals surface area (Å²) in [6.07, 6.45) is 0. The van der Waals surface area contributed by atoms with Gasteiger partial charge in [0.2, 0.25) is 0 Å². The van der Waals surface area contributed by atoms with Gasteiger partial charge >= 0.3 is 0 Å². The Bertz CT molecular complexity index is 318. The lowest BCUT2D eigenvalue weighted by atomic mass is 10.1. The Labute approximate surface area is 94.7 Å². The molecule has 1 aromatic heterocycles. The van der Waals surface area contributed by atoms with Crippen molar-refractivity contribution in [2.24, 2.45) is 0 Å². The molecule has 82 valence electrons. The van der Waals surface area contributed by atoms with Crippen molar-refractivity contribution in [3.05, 3.63) is 22.4 Å². The van der Waals surface area contributed by atoms with E-state index in [-0.39, 0.29) is 0 Å². The molecule has 0 saturated heterocycles. The van der Waals surface area contributed by atoms with Gasteiger partial charge in [-0.2, -0.15) is 5.26 Å². The molecule has 0 aliphatic carbocycles. The summed E-state index contributed by atoms with van der Waals surface area (Å²) in [5, 5.41) is 14.3. The molecular formula is C11H16N2OS. The van der Waals surface area contributed by atoms with Crippen LogP contribution in [0.2, 0.25) is 0 Å². The minimum absolute atomic E-state index is 0.422. The smallest absolute Gasteiger partial charge is 0.127 e. The topological polar surface area (TPSA) is 45.0 Å². The van der Waals surface area contributed by atoms with E-state index >= 15 is 0 Å². The lowest BCUT2D eigenvalue weighted by molar-refractivity contribution is 0.105. The molecule has 0 saturated carbocycles. The molecule has 0 radical (unpaired) electrons. The van der Waals surface area contributed by atoms with E-state index in [9.17, 15) is 0 Å². The second-order valence-corrected chi connectivity index (χ2v) is 4.55. The van der Waals surface area contributed by atoms with Crippen LogP contribution in [0.15, 0.2) is 17.5 Å². The first-order chi connectivity index (χ1) is 7.20. The number of hydrogen-bond acceptors (Lipinski definition) is 4.